The first-order valence-electron chi connectivity index (χ1n) is 7.81. The van der Waals surface area contributed by atoms with Gasteiger partial charge in [-0.05, 0) is 43.4 Å². The van der Waals surface area contributed by atoms with Gasteiger partial charge in [-0.1, -0.05) is 38.5 Å². The van der Waals surface area contributed by atoms with Gasteiger partial charge < -0.3 is 5.32 Å². The van der Waals surface area contributed by atoms with Crippen LogP contribution in [0, 0.1) is 0 Å². The molecule has 2 N–H and O–H groups in total. The molecule has 0 aromatic heterocycles. The van der Waals surface area contributed by atoms with Crippen LogP contribution in [0.4, 0.5) is 5.69 Å². The van der Waals surface area contributed by atoms with E-state index in [1.807, 2.05) is 24.3 Å². The van der Waals surface area contributed by atoms with Crippen LogP contribution in [0.5, 0.6) is 0 Å². The molecule has 1 aliphatic heterocycles. The molecule has 0 amide bonds. The minimum Gasteiger partial charge on any atom is -0.314 e. The van der Waals surface area contributed by atoms with Gasteiger partial charge in [0.1, 0.15) is 0 Å². The van der Waals surface area contributed by atoms with Crippen molar-refractivity contribution in [3.05, 3.63) is 29.8 Å². The van der Waals surface area contributed by atoms with E-state index in [1.165, 1.54) is 12.8 Å². The van der Waals surface area contributed by atoms with Crippen molar-refractivity contribution in [3.8, 4) is 0 Å². The third-order valence-corrected chi connectivity index (χ3v) is 5.30. The fourth-order valence-electron chi connectivity index (χ4n) is 2.78. The van der Waals surface area contributed by atoms with Gasteiger partial charge in [0.15, 0.2) is 0 Å². The van der Waals surface area contributed by atoms with Crippen molar-refractivity contribution in [1.29, 1.82) is 0 Å². The molecule has 4 nitrogen and oxygen atoms in total. The van der Waals surface area contributed by atoms with Crippen LogP contribution in [-0.2, 0) is 10.0 Å². The molecule has 1 saturated heterocycles. The summed E-state index contributed by atoms with van der Waals surface area (Å²) in [6.45, 7) is 5.15. The monoisotopic (exact) mass is 310 g/mol. The number of piperidine rings is 1. The Balaban J connectivity index is 1.97. The van der Waals surface area contributed by atoms with Gasteiger partial charge in [-0.2, -0.15) is 0 Å². The summed E-state index contributed by atoms with van der Waals surface area (Å²) in [5, 5.41) is 3.39. The molecular weight excluding hydrogens is 284 g/mol. The lowest BCUT2D eigenvalue weighted by Crippen LogP contribution is -2.36. The Kier molecular flexibility index (Phi) is 5.65. The van der Waals surface area contributed by atoms with Crippen LogP contribution in [0.3, 0.4) is 0 Å². The molecule has 1 atom stereocenters. The second-order valence-electron chi connectivity index (χ2n) is 6.10. The molecule has 0 aliphatic carbocycles. The van der Waals surface area contributed by atoms with Gasteiger partial charge in [0.25, 0.3) is 0 Å². The molecule has 0 spiro atoms. The molecule has 0 radical (unpaired) electrons. The van der Waals surface area contributed by atoms with Crippen LogP contribution < -0.4 is 10.0 Å². The number of anilines is 1. The smallest absolute Gasteiger partial charge is 0.232 e. The number of nitrogens with one attached hydrogen (secondary N) is 2. The fraction of sp³-hybridized carbons (Fsp3) is 0.625. The predicted molar refractivity (Wildman–Crippen MR) is 88.2 cm³/mol. The Morgan fingerprint density at radius 1 is 1.29 bits per heavy atom. The molecule has 0 bridgehead atoms. The van der Waals surface area contributed by atoms with Crippen molar-refractivity contribution >= 4 is 15.7 Å². The Morgan fingerprint density at radius 2 is 2.05 bits per heavy atom. The molecule has 1 fully saturated rings. The summed E-state index contributed by atoms with van der Waals surface area (Å²) in [4.78, 5) is 0. The minimum atomic E-state index is -3.28. The summed E-state index contributed by atoms with van der Waals surface area (Å²) in [7, 11) is -3.28. The second-order valence-corrected chi connectivity index (χ2v) is 7.94. The molecule has 5 heteroatoms. The van der Waals surface area contributed by atoms with Gasteiger partial charge in [0, 0.05) is 6.04 Å². The topological polar surface area (TPSA) is 58.2 Å². The SMILES string of the molecule is CC(C)c1ccccc1NS(=O)(=O)CCC1CCCCN1. The van der Waals surface area contributed by atoms with E-state index < -0.39 is 10.0 Å². The van der Waals surface area contributed by atoms with Crippen molar-refractivity contribution in [2.45, 2.75) is 51.5 Å². The molecule has 1 unspecified atom stereocenters. The van der Waals surface area contributed by atoms with Gasteiger partial charge in [-0.15, -0.1) is 0 Å². The zero-order valence-electron chi connectivity index (χ0n) is 12.9. The highest BCUT2D eigenvalue weighted by Crippen LogP contribution is 2.24. The van der Waals surface area contributed by atoms with Crippen LogP contribution in [0.25, 0.3) is 0 Å². The van der Waals surface area contributed by atoms with E-state index in [1.54, 1.807) is 0 Å². The molecule has 1 aromatic rings. The van der Waals surface area contributed by atoms with Crippen LogP contribution in [0.2, 0.25) is 0 Å². The van der Waals surface area contributed by atoms with Crippen molar-refractivity contribution in [1.82, 2.24) is 5.32 Å². The highest BCUT2D eigenvalue weighted by molar-refractivity contribution is 7.92. The Morgan fingerprint density at radius 3 is 2.71 bits per heavy atom. The summed E-state index contributed by atoms with van der Waals surface area (Å²) in [5.74, 6) is 0.473. The first-order valence-corrected chi connectivity index (χ1v) is 9.46. The van der Waals surface area contributed by atoms with E-state index in [2.05, 4.69) is 23.9 Å². The van der Waals surface area contributed by atoms with Crippen LogP contribution in [0.1, 0.15) is 51.0 Å². The predicted octanol–water partition coefficient (Wildman–Crippen LogP) is 3.08. The number of hydrogen-bond acceptors (Lipinski definition) is 3. The molecule has 21 heavy (non-hydrogen) atoms. The minimum absolute atomic E-state index is 0.178. The molecule has 2 rings (SSSR count). The number of benzene rings is 1. The van der Waals surface area contributed by atoms with E-state index in [9.17, 15) is 8.42 Å². The fourth-order valence-corrected chi connectivity index (χ4v) is 4.00. The summed E-state index contributed by atoms with van der Waals surface area (Å²) in [6.07, 6.45) is 4.15. The molecular formula is C16H26N2O2S. The van der Waals surface area contributed by atoms with Crippen LogP contribution in [0.15, 0.2) is 24.3 Å². The highest BCUT2D eigenvalue weighted by atomic mass is 32.2. The lowest BCUT2D eigenvalue weighted by molar-refractivity contribution is 0.393. The molecule has 1 heterocycles. The standard InChI is InChI=1S/C16H26N2O2S/c1-13(2)15-8-3-4-9-16(15)18-21(19,20)12-10-14-7-5-6-11-17-14/h3-4,8-9,13-14,17-18H,5-7,10-12H2,1-2H3. The maximum Gasteiger partial charge on any atom is 0.232 e. The Labute approximate surface area is 128 Å². The van der Waals surface area contributed by atoms with Gasteiger partial charge >= 0.3 is 0 Å². The van der Waals surface area contributed by atoms with Gasteiger partial charge in [0.2, 0.25) is 10.0 Å². The zero-order valence-corrected chi connectivity index (χ0v) is 13.7. The number of para-hydroxylation sites is 1. The zero-order chi connectivity index (χ0) is 15.3. The first kappa shape index (κ1) is 16.3. The Bertz CT molecular complexity index is 549. The van der Waals surface area contributed by atoms with Gasteiger partial charge in [-0.3, -0.25) is 4.72 Å². The van der Waals surface area contributed by atoms with E-state index in [-0.39, 0.29) is 5.75 Å². The van der Waals surface area contributed by atoms with Crippen molar-refractivity contribution < 1.29 is 8.42 Å². The third kappa shape index (κ3) is 5.00. The average molecular weight is 310 g/mol. The van der Waals surface area contributed by atoms with Crippen LogP contribution >= 0.6 is 0 Å². The van der Waals surface area contributed by atoms with E-state index in [4.69, 9.17) is 0 Å². The summed E-state index contributed by atoms with van der Waals surface area (Å²) < 4.78 is 27.3. The number of sulfonamides is 1. The lowest BCUT2D eigenvalue weighted by atomic mass is 10.0. The molecule has 1 aliphatic rings. The third-order valence-electron chi connectivity index (χ3n) is 4.00. The van der Waals surface area contributed by atoms with E-state index in [0.717, 1.165) is 18.5 Å². The highest BCUT2D eigenvalue weighted by Gasteiger charge is 2.18. The van der Waals surface area contributed by atoms with Gasteiger partial charge in [0.05, 0.1) is 11.4 Å². The number of hydrogen-bond donors (Lipinski definition) is 2. The van der Waals surface area contributed by atoms with E-state index >= 15 is 0 Å². The summed E-state index contributed by atoms with van der Waals surface area (Å²) in [6, 6.07) is 7.97. The maximum atomic E-state index is 12.3. The first-order chi connectivity index (χ1) is 9.98. The number of rotatable bonds is 6. The maximum absolute atomic E-state index is 12.3. The largest absolute Gasteiger partial charge is 0.314 e. The molecule has 118 valence electrons. The summed E-state index contributed by atoms with van der Waals surface area (Å²) in [5.41, 5.74) is 1.75. The van der Waals surface area contributed by atoms with Gasteiger partial charge in [-0.25, -0.2) is 8.42 Å². The average Bonchev–Trinajstić information content (AvgIpc) is 2.46. The van der Waals surface area contributed by atoms with Crippen molar-refractivity contribution in [3.63, 3.8) is 0 Å². The molecule has 1 aromatic carbocycles. The normalized spacial score (nSPS) is 19.7. The van der Waals surface area contributed by atoms with E-state index in [0.29, 0.717) is 24.1 Å². The summed E-state index contributed by atoms with van der Waals surface area (Å²) >= 11 is 0. The lowest BCUT2D eigenvalue weighted by Gasteiger charge is -2.23. The second kappa shape index (κ2) is 7.27. The Hall–Kier alpha value is -1.07. The quantitative estimate of drug-likeness (QED) is 0.849. The van der Waals surface area contributed by atoms with Crippen molar-refractivity contribution in [2.24, 2.45) is 0 Å². The van der Waals surface area contributed by atoms with Crippen LogP contribution in [-0.4, -0.2) is 26.8 Å². The molecule has 0 saturated carbocycles. The van der Waals surface area contributed by atoms with Crippen molar-refractivity contribution in [2.75, 3.05) is 17.0 Å².